The van der Waals surface area contributed by atoms with Crippen LogP contribution in [0.25, 0.3) is 0 Å². The number of rotatable bonds is 9. The van der Waals surface area contributed by atoms with Crippen LogP contribution >= 0.6 is 0 Å². The number of ether oxygens (including phenoxy) is 2. The second kappa shape index (κ2) is 9.22. The monoisotopic (exact) mass is 266 g/mol. The summed E-state index contributed by atoms with van der Waals surface area (Å²) in [7, 11) is 0. The maximum atomic E-state index is 11.5. The lowest BCUT2D eigenvalue weighted by Gasteiger charge is -2.08. The van der Waals surface area contributed by atoms with Crippen LogP contribution in [-0.4, -0.2) is 38.8 Å². The van der Waals surface area contributed by atoms with Crippen molar-refractivity contribution in [1.82, 2.24) is 10.6 Å². The van der Waals surface area contributed by atoms with E-state index in [0.717, 1.165) is 18.8 Å². The molecule has 0 aliphatic heterocycles. The third-order valence-electron chi connectivity index (χ3n) is 2.38. The first-order valence-corrected chi connectivity index (χ1v) is 6.59. The van der Waals surface area contributed by atoms with Gasteiger partial charge in [-0.2, -0.15) is 0 Å². The average Bonchev–Trinajstić information content (AvgIpc) is 2.43. The van der Waals surface area contributed by atoms with Gasteiger partial charge in [-0.15, -0.1) is 0 Å². The quantitative estimate of drug-likeness (QED) is 0.659. The molecule has 0 spiro atoms. The van der Waals surface area contributed by atoms with Crippen LogP contribution in [0.5, 0.6) is 11.5 Å². The first-order valence-electron chi connectivity index (χ1n) is 6.59. The number of carbonyl (C=O) groups excluding carboxylic acids is 1. The number of benzene rings is 1. The maximum Gasteiger partial charge on any atom is 0.257 e. The molecule has 2 N–H and O–H groups in total. The summed E-state index contributed by atoms with van der Waals surface area (Å²) in [5.41, 5.74) is 0. The third-order valence-corrected chi connectivity index (χ3v) is 2.38. The molecule has 0 fully saturated rings. The highest BCUT2D eigenvalue weighted by molar-refractivity contribution is 5.77. The Morgan fingerprint density at radius 3 is 2.26 bits per heavy atom. The van der Waals surface area contributed by atoms with E-state index in [-0.39, 0.29) is 12.5 Å². The van der Waals surface area contributed by atoms with E-state index >= 15 is 0 Å². The summed E-state index contributed by atoms with van der Waals surface area (Å²) in [6.07, 6.45) is 0. The van der Waals surface area contributed by atoms with Gasteiger partial charge in [0.05, 0.1) is 6.61 Å². The van der Waals surface area contributed by atoms with Gasteiger partial charge in [-0.3, -0.25) is 4.79 Å². The Kier molecular flexibility index (Phi) is 7.43. The molecule has 0 bridgehead atoms. The molecular weight excluding hydrogens is 244 g/mol. The van der Waals surface area contributed by atoms with Crippen molar-refractivity contribution in [1.29, 1.82) is 0 Å². The fraction of sp³-hybridized carbons (Fsp3) is 0.500. The van der Waals surface area contributed by atoms with Gasteiger partial charge >= 0.3 is 0 Å². The minimum absolute atomic E-state index is 0.0279. The number of hydrogen-bond acceptors (Lipinski definition) is 4. The molecule has 1 aromatic carbocycles. The van der Waals surface area contributed by atoms with Crippen LogP contribution in [0.1, 0.15) is 13.8 Å². The van der Waals surface area contributed by atoms with Crippen molar-refractivity contribution in [2.75, 3.05) is 32.8 Å². The van der Waals surface area contributed by atoms with Gasteiger partial charge in [0.2, 0.25) is 0 Å². The fourth-order valence-electron chi connectivity index (χ4n) is 1.47. The minimum Gasteiger partial charge on any atom is -0.494 e. The van der Waals surface area contributed by atoms with E-state index < -0.39 is 0 Å². The van der Waals surface area contributed by atoms with Gasteiger partial charge in [-0.25, -0.2) is 0 Å². The van der Waals surface area contributed by atoms with E-state index in [1.54, 1.807) is 12.1 Å². The van der Waals surface area contributed by atoms with E-state index in [2.05, 4.69) is 10.6 Å². The molecule has 0 unspecified atom stereocenters. The van der Waals surface area contributed by atoms with Crippen molar-refractivity contribution in [2.24, 2.45) is 0 Å². The van der Waals surface area contributed by atoms with Crippen molar-refractivity contribution >= 4 is 5.91 Å². The van der Waals surface area contributed by atoms with Gasteiger partial charge < -0.3 is 20.1 Å². The number of hydrogen-bond donors (Lipinski definition) is 2. The van der Waals surface area contributed by atoms with E-state index in [1.807, 2.05) is 26.0 Å². The highest BCUT2D eigenvalue weighted by Crippen LogP contribution is 2.17. The summed E-state index contributed by atoms with van der Waals surface area (Å²) < 4.78 is 10.7. The van der Waals surface area contributed by atoms with E-state index in [0.29, 0.717) is 18.9 Å². The predicted octanol–water partition coefficient (Wildman–Crippen LogP) is 1.19. The highest BCUT2D eigenvalue weighted by Gasteiger charge is 2.02. The summed E-state index contributed by atoms with van der Waals surface area (Å²) in [6.45, 7) is 6.90. The van der Waals surface area contributed by atoms with Crippen LogP contribution in [0, 0.1) is 0 Å². The van der Waals surface area contributed by atoms with Crippen LogP contribution in [0.2, 0.25) is 0 Å². The predicted molar refractivity (Wildman–Crippen MR) is 74.7 cm³/mol. The highest BCUT2D eigenvalue weighted by atomic mass is 16.5. The molecule has 0 aromatic heterocycles. The number of nitrogens with one attached hydrogen (secondary N) is 2. The first kappa shape index (κ1) is 15.3. The molecule has 0 aliphatic carbocycles. The second-order valence-electron chi connectivity index (χ2n) is 3.90. The van der Waals surface area contributed by atoms with Crippen LogP contribution in [0.4, 0.5) is 0 Å². The Balaban J connectivity index is 2.22. The van der Waals surface area contributed by atoms with Crippen LogP contribution in [0.15, 0.2) is 24.3 Å². The molecule has 0 radical (unpaired) electrons. The van der Waals surface area contributed by atoms with Gasteiger partial charge in [0.15, 0.2) is 6.61 Å². The summed E-state index contributed by atoms with van der Waals surface area (Å²) in [5, 5.41) is 5.89. The zero-order valence-corrected chi connectivity index (χ0v) is 11.6. The lowest BCUT2D eigenvalue weighted by Crippen LogP contribution is -2.34. The summed E-state index contributed by atoms with van der Waals surface area (Å²) >= 11 is 0. The molecule has 0 saturated carbocycles. The van der Waals surface area contributed by atoms with Crippen molar-refractivity contribution in [3.8, 4) is 11.5 Å². The molecule has 0 heterocycles. The molecule has 1 aromatic rings. The van der Waals surface area contributed by atoms with E-state index in [1.165, 1.54) is 0 Å². The SMILES string of the molecule is CCNCCNC(=O)COc1ccc(OCC)cc1. The minimum atomic E-state index is -0.119. The first-order chi connectivity index (χ1) is 9.26. The fourth-order valence-corrected chi connectivity index (χ4v) is 1.47. The van der Waals surface area contributed by atoms with Crippen LogP contribution < -0.4 is 20.1 Å². The zero-order chi connectivity index (χ0) is 13.9. The zero-order valence-electron chi connectivity index (χ0n) is 11.6. The molecule has 1 rings (SSSR count). The van der Waals surface area contributed by atoms with Crippen molar-refractivity contribution in [3.63, 3.8) is 0 Å². The van der Waals surface area contributed by atoms with Crippen molar-refractivity contribution < 1.29 is 14.3 Å². The molecule has 5 nitrogen and oxygen atoms in total. The molecule has 0 aliphatic rings. The Morgan fingerprint density at radius 2 is 1.68 bits per heavy atom. The van der Waals surface area contributed by atoms with Crippen LogP contribution in [-0.2, 0) is 4.79 Å². The topological polar surface area (TPSA) is 59.6 Å². The molecule has 1 amide bonds. The van der Waals surface area contributed by atoms with Crippen molar-refractivity contribution in [2.45, 2.75) is 13.8 Å². The normalized spacial score (nSPS) is 10.0. The van der Waals surface area contributed by atoms with Gasteiger partial charge in [-0.1, -0.05) is 6.92 Å². The second-order valence-corrected chi connectivity index (χ2v) is 3.90. The van der Waals surface area contributed by atoms with Crippen LogP contribution in [0.3, 0.4) is 0 Å². The summed E-state index contributed by atoms with van der Waals surface area (Å²) in [6, 6.07) is 7.22. The van der Waals surface area contributed by atoms with Crippen molar-refractivity contribution in [3.05, 3.63) is 24.3 Å². The molecule has 5 heteroatoms. The molecule has 19 heavy (non-hydrogen) atoms. The van der Waals surface area contributed by atoms with Gasteiger partial charge in [0.25, 0.3) is 5.91 Å². The Morgan fingerprint density at radius 1 is 1.05 bits per heavy atom. The maximum absolute atomic E-state index is 11.5. The summed E-state index contributed by atoms with van der Waals surface area (Å²) in [5.74, 6) is 1.34. The molecule has 0 saturated heterocycles. The lowest BCUT2D eigenvalue weighted by atomic mass is 10.3. The van der Waals surface area contributed by atoms with Gasteiger partial charge in [-0.05, 0) is 37.7 Å². The molecular formula is C14H22N2O3. The number of likely N-dealkylation sites (N-methyl/N-ethyl adjacent to an activating group) is 1. The van der Waals surface area contributed by atoms with E-state index in [4.69, 9.17) is 9.47 Å². The average molecular weight is 266 g/mol. The smallest absolute Gasteiger partial charge is 0.257 e. The van der Waals surface area contributed by atoms with Gasteiger partial charge in [0.1, 0.15) is 11.5 Å². The summed E-state index contributed by atoms with van der Waals surface area (Å²) in [4.78, 5) is 11.5. The standard InChI is InChI=1S/C14H22N2O3/c1-3-15-9-10-16-14(17)11-19-13-7-5-12(6-8-13)18-4-2/h5-8,15H,3-4,9-11H2,1-2H3,(H,16,17). The molecule has 0 atom stereocenters. The number of amides is 1. The Bertz CT molecular complexity index is 365. The number of carbonyl (C=O) groups is 1. The third kappa shape index (κ3) is 6.67. The molecule has 106 valence electrons. The van der Waals surface area contributed by atoms with E-state index in [9.17, 15) is 4.79 Å². The van der Waals surface area contributed by atoms with Gasteiger partial charge in [0, 0.05) is 13.1 Å². The Hall–Kier alpha value is -1.75. The lowest BCUT2D eigenvalue weighted by molar-refractivity contribution is -0.123. The Labute approximate surface area is 114 Å². The largest absolute Gasteiger partial charge is 0.494 e.